The normalized spacial score (nSPS) is 16.7. The molecule has 0 saturated carbocycles. The van der Waals surface area contributed by atoms with Crippen LogP contribution in [0.3, 0.4) is 0 Å². The van der Waals surface area contributed by atoms with E-state index >= 15 is 0 Å². The van der Waals surface area contributed by atoms with E-state index in [2.05, 4.69) is 21.5 Å². The van der Waals surface area contributed by atoms with Gasteiger partial charge >= 0.3 is 6.36 Å². The molecule has 1 aromatic carbocycles. The van der Waals surface area contributed by atoms with Crippen molar-refractivity contribution < 1.29 is 17.9 Å². The van der Waals surface area contributed by atoms with Gasteiger partial charge in [0.05, 0.1) is 0 Å². The van der Waals surface area contributed by atoms with Crippen molar-refractivity contribution in [3.05, 3.63) is 42.5 Å². The van der Waals surface area contributed by atoms with Crippen molar-refractivity contribution in [3.63, 3.8) is 0 Å². The van der Waals surface area contributed by atoms with E-state index in [-0.39, 0.29) is 36.6 Å². The molecule has 0 unspecified atom stereocenters. The summed E-state index contributed by atoms with van der Waals surface area (Å²) >= 11 is 0. The van der Waals surface area contributed by atoms with Crippen molar-refractivity contribution in [2.75, 3.05) is 26.2 Å². The van der Waals surface area contributed by atoms with Crippen LogP contribution < -0.4 is 10.1 Å². The van der Waals surface area contributed by atoms with Gasteiger partial charge in [0.15, 0.2) is 0 Å². The molecule has 8 heteroatoms. The van der Waals surface area contributed by atoms with Gasteiger partial charge in [0.2, 0.25) is 0 Å². The first kappa shape index (κ1) is 22.1. The Morgan fingerprint density at radius 2 is 1.74 bits per heavy atom. The van der Waals surface area contributed by atoms with Crippen LogP contribution in [-0.2, 0) is 0 Å². The van der Waals surface area contributed by atoms with Crippen LogP contribution in [0.4, 0.5) is 13.2 Å². The monoisotopic (exact) mass is 372 g/mol. The molecule has 3 nitrogen and oxygen atoms in total. The summed E-state index contributed by atoms with van der Waals surface area (Å²) in [6.07, 6.45) is -2.05. The third kappa shape index (κ3) is 6.99. The number of alkyl halides is 3. The summed E-state index contributed by atoms with van der Waals surface area (Å²) in [7, 11) is 0. The lowest BCUT2D eigenvalue weighted by molar-refractivity contribution is -0.274. The predicted molar refractivity (Wildman–Crippen MR) is 89.6 cm³/mol. The zero-order valence-electron chi connectivity index (χ0n) is 12.5. The van der Waals surface area contributed by atoms with Gasteiger partial charge in [-0.1, -0.05) is 18.2 Å². The second-order valence-corrected chi connectivity index (χ2v) is 4.94. The number of benzene rings is 1. The van der Waals surface area contributed by atoms with E-state index in [0.717, 1.165) is 38.2 Å². The lowest BCUT2D eigenvalue weighted by atomic mass is 10.0. The van der Waals surface area contributed by atoms with Gasteiger partial charge in [0.1, 0.15) is 5.75 Å². The summed E-state index contributed by atoms with van der Waals surface area (Å²) in [6, 6.07) is 6.25. The average molecular weight is 373 g/mol. The summed E-state index contributed by atoms with van der Waals surface area (Å²) in [6.45, 7) is 7.44. The van der Waals surface area contributed by atoms with Crippen LogP contribution in [0.15, 0.2) is 36.9 Å². The first-order valence-corrected chi connectivity index (χ1v) is 6.91. The van der Waals surface area contributed by atoms with E-state index < -0.39 is 6.36 Å². The molecule has 0 bridgehead atoms. The molecule has 0 aromatic heterocycles. The van der Waals surface area contributed by atoms with Crippen molar-refractivity contribution >= 4 is 24.8 Å². The number of nitrogens with zero attached hydrogens (tertiary/aromatic N) is 1. The lowest BCUT2D eigenvalue weighted by Crippen LogP contribution is -2.45. The predicted octanol–water partition coefficient (Wildman–Crippen LogP) is 3.95. The molecule has 0 radical (unpaired) electrons. The molecule has 0 spiro atoms. The Kier molecular flexibility index (Phi) is 9.61. The second kappa shape index (κ2) is 10.0. The summed E-state index contributed by atoms with van der Waals surface area (Å²) in [5, 5.41) is 3.29. The third-order valence-electron chi connectivity index (χ3n) is 3.48. The van der Waals surface area contributed by atoms with E-state index in [0.29, 0.717) is 0 Å². The molecule has 23 heavy (non-hydrogen) atoms. The minimum atomic E-state index is -4.65. The molecule has 1 aromatic rings. The minimum absolute atomic E-state index is 0. The highest BCUT2D eigenvalue weighted by atomic mass is 35.5. The Bertz CT molecular complexity index is 463. The van der Waals surface area contributed by atoms with Crippen molar-refractivity contribution in [1.29, 1.82) is 0 Å². The topological polar surface area (TPSA) is 24.5 Å². The van der Waals surface area contributed by atoms with Gasteiger partial charge < -0.3 is 10.1 Å². The van der Waals surface area contributed by atoms with Crippen LogP contribution in [0.25, 0.3) is 0 Å². The molecule has 132 valence electrons. The quantitative estimate of drug-likeness (QED) is 0.791. The second-order valence-electron chi connectivity index (χ2n) is 4.94. The average Bonchev–Trinajstić information content (AvgIpc) is 2.45. The molecule has 1 aliphatic rings. The molecular formula is C15H21Cl2F3N2O. The number of ether oxygens (including phenoxy) is 1. The highest BCUT2D eigenvalue weighted by Crippen LogP contribution is 2.28. The largest absolute Gasteiger partial charge is 0.573 e. The molecule has 1 atom stereocenters. The number of rotatable bonds is 5. The fourth-order valence-electron chi connectivity index (χ4n) is 2.54. The first-order chi connectivity index (χ1) is 9.99. The van der Waals surface area contributed by atoms with Gasteiger partial charge in [0, 0.05) is 32.2 Å². The molecule has 0 amide bonds. The van der Waals surface area contributed by atoms with Crippen molar-refractivity contribution in [3.8, 4) is 5.75 Å². The van der Waals surface area contributed by atoms with E-state index in [1.807, 2.05) is 6.08 Å². The van der Waals surface area contributed by atoms with Crippen molar-refractivity contribution in [2.24, 2.45) is 0 Å². The van der Waals surface area contributed by atoms with Gasteiger partial charge in [-0.2, -0.15) is 0 Å². The van der Waals surface area contributed by atoms with E-state index in [9.17, 15) is 13.2 Å². The third-order valence-corrected chi connectivity index (χ3v) is 3.48. The van der Waals surface area contributed by atoms with Crippen LogP contribution in [0.2, 0.25) is 0 Å². The summed E-state index contributed by atoms with van der Waals surface area (Å²) in [5.74, 6) is -0.191. The molecule has 1 aliphatic heterocycles. The van der Waals surface area contributed by atoms with Gasteiger partial charge in [0.25, 0.3) is 0 Å². The molecular weight excluding hydrogens is 352 g/mol. The van der Waals surface area contributed by atoms with Gasteiger partial charge in [-0.3, -0.25) is 4.90 Å². The molecule has 1 N–H and O–H groups in total. The van der Waals surface area contributed by atoms with Gasteiger partial charge in [-0.15, -0.1) is 44.6 Å². The van der Waals surface area contributed by atoms with Crippen LogP contribution >= 0.6 is 24.8 Å². The maximum absolute atomic E-state index is 12.2. The van der Waals surface area contributed by atoms with Crippen LogP contribution in [0.5, 0.6) is 5.75 Å². The summed E-state index contributed by atoms with van der Waals surface area (Å²) in [4.78, 5) is 2.32. The molecule has 2 rings (SSSR count). The maximum atomic E-state index is 12.2. The first-order valence-electron chi connectivity index (χ1n) is 6.91. The summed E-state index contributed by atoms with van der Waals surface area (Å²) in [5.41, 5.74) is 0.978. The molecule has 1 saturated heterocycles. The Balaban J connectivity index is 0.00000242. The number of hydrogen-bond donors (Lipinski definition) is 1. The zero-order chi connectivity index (χ0) is 15.3. The van der Waals surface area contributed by atoms with Crippen LogP contribution in [0.1, 0.15) is 18.0 Å². The highest BCUT2D eigenvalue weighted by Gasteiger charge is 2.31. The number of nitrogens with one attached hydrogen (secondary N) is 1. The number of hydrogen-bond acceptors (Lipinski definition) is 3. The summed E-state index contributed by atoms with van der Waals surface area (Å²) < 4.78 is 40.4. The van der Waals surface area contributed by atoms with Crippen molar-refractivity contribution in [1.82, 2.24) is 10.2 Å². The SMILES string of the molecule is C=CC[C@@H](c1ccc(OC(F)(F)F)cc1)N1CCNCC1.Cl.Cl. The van der Waals surface area contributed by atoms with E-state index in [1.54, 1.807) is 12.1 Å². The van der Waals surface area contributed by atoms with Crippen molar-refractivity contribution in [2.45, 2.75) is 18.8 Å². The Labute approximate surface area is 146 Å². The van der Waals surface area contributed by atoms with E-state index in [4.69, 9.17) is 0 Å². The van der Waals surface area contributed by atoms with Gasteiger partial charge in [-0.05, 0) is 24.1 Å². The Hall–Kier alpha value is -0.950. The standard InChI is InChI=1S/C15H19F3N2O.2ClH/c1-2-3-14(20-10-8-19-9-11-20)12-4-6-13(7-5-12)21-15(16,17)18;;/h2,4-7,14,19H,1,3,8-11H2;2*1H/t14-;;/m0../s1. The Morgan fingerprint density at radius 3 is 2.22 bits per heavy atom. The van der Waals surface area contributed by atoms with Crippen LogP contribution in [0, 0.1) is 0 Å². The van der Waals surface area contributed by atoms with Crippen LogP contribution in [-0.4, -0.2) is 37.4 Å². The van der Waals surface area contributed by atoms with E-state index in [1.165, 1.54) is 12.1 Å². The zero-order valence-corrected chi connectivity index (χ0v) is 14.1. The minimum Gasteiger partial charge on any atom is -0.406 e. The maximum Gasteiger partial charge on any atom is 0.573 e. The molecule has 1 fully saturated rings. The molecule has 0 aliphatic carbocycles. The number of halogens is 5. The number of piperazine rings is 1. The highest BCUT2D eigenvalue weighted by molar-refractivity contribution is 5.85. The molecule has 1 heterocycles. The fraction of sp³-hybridized carbons (Fsp3) is 0.467. The Morgan fingerprint density at radius 1 is 1.17 bits per heavy atom. The van der Waals surface area contributed by atoms with Gasteiger partial charge in [-0.25, -0.2) is 0 Å². The smallest absolute Gasteiger partial charge is 0.406 e. The lowest BCUT2D eigenvalue weighted by Gasteiger charge is -2.34. The fourth-order valence-corrected chi connectivity index (χ4v) is 2.54.